The molecule has 2 aromatic rings. The van der Waals surface area contributed by atoms with Crippen LogP contribution in [0.3, 0.4) is 0 Å². The number of halogens is 4. The average Bonchev–Trinajstić information content (AvgIpc) is 2.52. The lowest BCUT2D eigenvalue weighted by atomic mass is 10.2. The number of anilines is 2. The second-order valence-corrected chi connectivity index (χ2v) is 5.20. The lowest BCUT2D eigenvalue weighted by Crippen LogP contribution is -2.33. The molecular weight excluding hydrogens is 347 g/mol. The molecule has 0 unspecified atom stereocenters. The van der Waals surface area contributed by atoms with Gasteiger partial charge in [0.15, 0.2) is 0 Å². The molecule has 1 heterocycles. The van der Waals surface area contributed by atoms with Gasteiger partial charge in [-0.25, -0.2) is 0 Å². The Labute approximate surface area is 141 Å². The number of rotatable bonds is 6. The van der Waals surface area contributed by atoms with Gasteiger partial charge in [-0.3, -0.25) is 0 Å². The summed E-state index contributed by atoms with van der Waals surface area (Å²) in [5.41, 5.74) is 0.908. The second-order valence-electron chi connectivity index (χ2n) is 4.86. The molecular formula is C14H15ClF3N5O. The standard InChI is InChI=1S/C14H15ClF3N5O/c1-8(14(16,17)18)20-13-22-11(15)21-12(23-13)19-7-9-3-5-10(24-2)6-4-9/h3-6,8H,7H2,1-2H3,(H2,19,20,21,22,23)/t8-/m1/s1. The fraction of sp³-hybridized carbons (Fsp3) is 0.357. The average molecular weight is 362 g/mol. The Morgan fingerprint density at radius 1 is 1.12 bits per heavy atom. The van der Waals surface area contributed by atoms with Gasteiger partial charge in [-0.2, -0.15) is 28.1 Å². The number of methoxy groups -OCH3 is 1. The van der Waals surface area contributed by atoms with Crippen molar-refractivity contribution in [3.8, 4) is 5.75 Å². The monoisotopic (exact) mass is 361 g/mol. The minimum Gasteiger partial charge on any atom is -0.497 e. The van der Waals surface area contributed by atoms with E-state index in [-0.39, 0.29) is 17.2 Å². The van der Waals surface area contributed by atoms with Crippen molar-refractivity contribution in [3.05, 3.63) is 35.1 Å². The number of ether oxygens (including phenoxy) is 1. The quantitative estimate of drug-likeness (QED) is 0.820. The summed E-state index contributed by atoms with van der Waals surface area (Å²) in [5, 5.41) is 4.82. The van der Waals surface area contributed by atoms with E-state index in [0.717, 1.165) is 18.2 Å². The zero-order valence-electron chi connectivity index (χ0n) is 12.9. The van der Waals surface area contributed by atoms with Gasteiger partial charge < -0.3 is 15.4 Å². The molecule has 2 rings (SSSR count). The van der Waals surface area contributed by atoms with Crippen LogP contribution in [0, 0.1) is 0 Å². The van der Waals surface area contributed by atoms with Crippen molar-refractivity contribution in [2.75, 3.05) is 17.7 Å². The van der Waals surface area contributed by atoms with E-state index in [1.54, 1.807) is 19.2 Å². The highest BCUT2D eigenvalue weighted by Gasteiger charge is 2.36. The summed E-state index contributed by atoms with van der Waals surface area (Å²) in [6.45, 7) is 1.32. The highest BCUT2D eigenvalue weighted by Crippen LogP contribution is 2.22. The van der Waals surface area contributed by atoms with Gasteiger partial charge in [0, 0.05) is 6.54 Å². The van der Waals surface area contributed by atoms with Crippen LogP contribution in [0.5, 0.6) is 5.75 Å². The predicted octanol–water partition coefficient (Wildman–Crippen LogP) is 3.51. The normalized spacial score (nSPS) is 12.6. The van der Waals surface area contributed by atoms with Crippen LogP contribution in [0.4, 0.5) is 25.1 Å². The third-order valence-corrected chi connectivity index (χ3v) is 3.22. The molecule has 24 heavy (non-hydrogen) atoms. The van der Waals surface area contributed by atoms with Crippen LogP contribution >= 0.6 is 11.6 Å². The first-order chi connectivity index (χ1) is 11.3. The zero-order valence-corrected chi connectivity index (χ0v) is 13.6. The third kappa shape index (κ3) is 5.12. The Morgan fingerprint density at radius 2 is 1.75 bits per heavy atom. The van der Waals surface area contributed by atoms with Crippen LogP contribution in [0.2, 0.25) is 5.28 Å². The first-order valence-corrected chi connectivity index (χ1v) is 7.27. The maximum absolute atomic E-state index is 12.6. The van der Waals surface area contributed by atoms with E-state index < -0.39 is 12.2 Å². The summed E-state index contributed by atoms with van der Waals surface area (Å²) in [4.78, 5) is 11.4. The third-order valence-electron chi connectivity index (χ3n) is 3.05. The van der Waals surface area contributed by atoms with Crippen LogP contribution in [0.25, 0.3) is 0 Å². The maximum Gasteiger partial charge on any atom is 0.408 e. The highest BCUT2D eigenvalue weighted by atomic mass is 35.5. The van der Waals surface area contributed by atoms with Crippen molar-refractivity contribution < 1.29 is 17.9 Å². The molecule has 2 N–H and O–H groups in total. The summed E-state index contributed by atoms with van der Waals surface area (Å²) in [6.07, 6.45) is -4.42. The van der Waals surface area contributed by atoms with E-state index in [1.807, 2.05) is 12.1 Å². The Hall–Kier alpha value is -2.29. The summed E-state index contributed by atoms with van der Waals surface area (Å²) in [6, 6.07) is 5.43. The number of benzene rings is 1. The van der Waals surface area contributed by atoms with E-state index in [0.29, 0.717) is 6.54 Å². The van der Waals surface area contributed by atoms with Gasteiger partial charge in [0.1, 0.15) is 11.8 Å². The molecule has 1 aromatic heterocycles. The van der Waals surface area contributed by atoms with Crippen molar-refractivity contribution >= 4 is 23.5 Å². The number of nitrogens with zero attached hydrogens (tertiary/aromatic N) is 3. The lowest BCUT2D eigenvalue weighted by Gasteiger charge is -2.17. The van der Waals surface area contributed by atoms with Crippen LogP contribution in [-0.4, -0.2) is 34.3 Å². The summed E-state index contributed by atoms with van der Waals surface area (Å²) in [7, 11) is 1.57. The molecule has 0 fully saturated rings. The maximum atomic E-state index is 12.6. The van der Waals surface area contributed by atoms with E-state index in [4.69, 9.17) is 16.3 Å². The van der Waals surface area contributed by atoms with Crippen molar-refractivity contribution in [1.29, 1.82) is 0 Å². The van der Waals surface area contributed by atoms with Gasteiger partial charge in [0.25, 0.3) is 0 Å². The van der Waals surface area contributed by atoms with Crippen molar-refractivity contribution in [1.82, 2.24) is 15.0 Å². The molecule has 0 spiro atoms. The number of hydrogen-bond acceptors (Lipinski definition) is 6. The minimum atomic E-state index is -4.42. The van der Waals surface area contributed by atoms with Gasteiger partial charge >= 0.3 is 6.18 Å². The number of nitrogens with one attached hydrogen (secondary N) is 2. The van der Waals surface area contributed by atoms with Crippen molar-refractivity contribution in [3.63, 3.8) is 0 Å². The largest absolute Gasteiger partial charge is 0.497 e. The van der Waals surface area contributed by atoms with Gasteiger partial charge in [0.2, 0.25) is 17.2 Å². The number of aromatic nitrogens is 3. The Morgan fingerprint density at radius 3 is 2.33 bits per heavy atom. The van der Waals surface area contributed by atoms with Crippen LogP contribution in [0.15, 0.2) is 24.3 Å². The van der Waals surface area contributed by atoms with Gasteiger partial charge in [-0.05, 0) is 36.2 Å². The minimum absolute atomic E-state index is 0.0719. The first-order valence-electron chi connectivity index (χ1n) is 6.89. The summed E-state index contributed by atoms with van der Waals surface area (Å²) >= 11 is 5.73. The van der Waals surface area contributed by atoms with E-state index in [1.165, 1.54) is 0 Å². The van der Waals surface area contributed by atoms with Crippen LogP contribution in [-0.2, 0) is 6.54 Å². The molecule has 0 aliphatic heterocycles. The predicted molar refractivity (Wildman–Crippen MR) is 84.3 cm³/mol. The fourth-order valence-corrected chi connectivity index (χ4v) is 1.85. The second kappa shape index (κ2) is 7.52. The van der Waals surface area contributed by atoms with Gasteiger partial charge in [-0.1, -0.05) is 12.1 Å². The Bertz CT molecular complexity index is 681. The molecule has 10 heteroatoms. The smallest absolute Gasteiger partial charge is 0.408 e. The topological polar surface area (TPSA) is 72.0 Å². The van der Waals surface area contributed by atoms with Crippen molar-refractivity contribution in [2.45, 2.75) is 25.7 Å². The zero-order chi connectivity index (χ0) is 17.7. The molecule has 0 radical (unpaired) electrons. The summed E-state index contributed by atoms with van der Waals surface area (Å²) in [5.74, 6) is 0.536. The molecule has 0 aliphatic carbocycles. The number of alkyl halides is 3. The first kappa shape index (κ1) is 18.1. The SMILES string of the molecule is COc1ccc(CNc2nc(Cl)nc(N[C@H](C)C(F)(F)F)n2)cc1. The molecule has 0 aliphatic rings. The molecule has 130 valence electrons. The van der Waals surface area contributed by atoms with Gasteiger partial charge in [0.05, 0.1) is 7.11 Å². The Balaban J connectivity index is 2.04. The molecule has 0 saturated heterocycles. The molecule has 0 bridgehead atoms. The molecule has 1 atom stereocenters. The Kier molecular flexibility index (Phi) is 5.66. The van der Waals surface area contributed by atoms with E-state index >= 15 is 0 Å². The lowest BCUT2D eigenvalue weighted by molar-refractivity contribution is -0.138. The van der Waals surface area contributed by atoms with Crippen LogP contribution in [0.1, 0.15) is 12.5 Å². The molecule has 0 saturated carbocycles. The molecule has 6 nitrogen and oxygen atoms in total. The van der Waals surface area contributed by atoms with E-state index in [9.17, 15) is 13.2 Å². The van der Waals surface area contributed by atoms with E-state index in [2.05, 4.69) is 25.6 Å². The number of hydrogen-bond donors (Lipinski definition) is 2. The van der Waals surface area contributed by atoms with Gasteiger partial charge in [-0.15, -0.1) is 0 Å². The summed E-state index contributed by atoms with van der Waals surface area (Å²) < 4.78 is 42.8. The van der Waals surface area contributed by atoms with Crippen LogP contribution < -0.4 is 15.4 Å². The molecule has 1 aromatic carbocycles. The highest BCUT2D eigenvalue weighted by molar-refractivity contribution is 6.28. The van der Waals surface area contributed by atoms with Crippen molar-refractivity contribution in [2.24, 2.45) is 0 Å². The fourth-order valence-electron chi connectivity index (χ4n) is 1.69. The molecule has 0 amide bonds.